The molecule has 0 fully saturated rings. The Bertz CT molecular complexity index is 343. The summed E-state index contributed by atoms with van der Waals surface area (Å²) in [6.45, 7) is 8.30. The van der Waals surface area contributed by atoms with Crippen LogP contribution in [0.1, 0.15) is 19.5 Å². The maximum atomic E-state index is 5.46. The summed E-state index contributed by atoms with van der Waals surface area (Å²) in [6.07, 6.45) is 0. The molecule has 0 bridgehead atoms. The summed E-state index contributed by atoms with van der Waals surface area (Å²) in [6, 6.07) is 1.86. The summed E-state index contributed by atoms with van der Waals surface area (Å²) in [5.74, 6) is 6.99. The summed E-state index contributed by atoms with van der Waals surface area (Å²) < 4.78 is 5.46. The van der Waals surface area contributed by atoms with Crippen molar-refractivity contribution in [3.05, 3.63) is 11.8 Å². The molecule has 0 amide bonds. The molecule has 4 N–H and O–H groups in total. The highest BCUT2D eigenvalue weighted by molar-refractivity contribution is 5.41. The summed E-state index contributed by atoms with van der Waals surface area (Å²) >= 11 is 0. The average molecular weight is 239 g/mol. The Hall–Kier alpha value is -1.40. The molecule has 6 heteroatoms. The minimum atomic E-state index is 0.413. The molecule has 1 heterocycles. The monoisotopic (exact) mass is 239 g/mol. The fraction of sp³-hybridized carbons (Fsp3) is 0.636. The van der Waals surface area contributed by atoms with Crippen LogP contribution in [0.5, 0.6) is 0 Å². The van der Waals surface area contributed by atoms with Gasteiger partial charge in [0.2, 0.25) is 5.95 Å². The topological polar surface area (TPSA) is 85.1 Å². The van der Waals surface area contributed by atoms with Gasteiger partial charge in [0, 0.05) is 24.9 Å². The highest BCUT2D eigenvalue weighted by Gasteiger charge is 2.00. The van der Waals surface area contributed by atoms with Crippen LogP contribution in [0, 0.1) is 12.8 Å². The largest absolute Gasteiger partial charge is 0.379 e. The fourth-order valence-electron chi connectivity index (χ4n) is 1.29. The van der Waals surface area contributed by atoms with Crippen LogP contribution < -0.4 is 16.6 Å². The number of anilines is 2. The van der Waals surface area contributed by atoms with Crippen molar-refractivity contribution >= 4 is 11.8 Å². The molecule has 0 spiro atoms. The lowest BCUT2D eigenvalue weighted by atomic mass is 10.2. The first-order valence-corrected chi connectivity index (χ1v) is 5.75. The smallest absolute Gasteiger partial charge is 0.239 e. The van der Waals surface area contributed by atoms with Crippen LogP contribution in [-0.4, -0.2) is 29.7 Å². The van der Waals surface area contributed by atoms with Gasteiger partial charge < -0.3 is 10.1 Å². The molecule has 0 saturated carbocycles. The number of ether oxygens (including phenoxy) is 1. The van der Waals surface area contributed by atoms with E-state index in [1.807, 2.05) is 13.0 Å². The number of hydrazine groups is 1. The van der Waals surface area contributed by atoms with Crippen LogP contribution in [0.2, 0.25) is 0 Å². The van der Waals surface area contributed by atoms with E-state index in [0.29, 0.717) is 25.0 Å². The molecular weight excluding hydrogens is 218 g/mol. The number of nitrogens with one attached hydrogen (secondary N) is 2. The van der Waals surface area contributed by atoms with Crippen LogP contribution in [0.25, 0.3) is 0 Å². The van der Waals surface area contributed by atoms with E-state index in [9.17, 15) is 0 Å². The zero-order valence-electron chi connectivity index (χ0n) is 10.7. The number of rotatable bonds is 7. The van der Waals surface area contributed by atoms with Crippen molar-refractivity contribution in [2.75, 3.05) is 30.5 Å². The molecule has 0 aliphatic heterocycles. The summed E-state index contributed by atoms with van der Waals surface area (Å²) in [4.78, 5) is 8.27. The van der Waals surface area contributed by atoms with Gasteiger partial charge in [-0.1, -0.05) is 13.8 Å². The zero-order chi connectivity index (χ0) is 12.7. The second-order valence-electron chi connectivity index (χ2n) is 4.26. The first kappa shape index (κ1) is 13.7. The van der Waals surface area contributed by atoms with Crippen molar-refractivity contribution in [3.63, 3.8) is 0 Å². The number of aromatic nitrogens is 2. The Morgan fingerprint density at radius 3 is 2.82 bits per heavy atom. The van der Waals surface area contributed by atoms with Gasteiger partial charge in [0.05, 0.1) is 6.61 Å². The van der Waals surface area contributed by atoms with Gasteiger partial charge in [0.1, 0.15) is 5.82 Å². The van der Waals surface area contributed by atoms with Gasteiger partial charge in [-0.15, -0.1) is 0 Å². The van der Waals surface area contributed by atoms with Crippen LogP contribution in [-0.2, 0) is 4.74 Å². The SMILES string of the molecule is Cc1cc(NCCOCC(C)C)nc(NN)n1. The predicted molar refractivity (Wildman–Crippen MR) is 68.7 cm³/mol. The van der Waals surface area contributed by atoms with E-state index in [-0.39, 0.29) is 0 Å². The minimum Gasteiger partial charge on any atom is -0.379 e. The molecule has 1 aromatic rings. The fourth-order valence-corrected chi connectivity index (χ4v) is 1.29. The van der Waals surface area contributed by atoms with Crippen LogP contribution >= 0.6 is 0 Å². The van der Waals surface area contributed by atoms with E-state index in [1.165, 1.54) is 0 Å². The number of nitrogens with two attached hydrogens (primary N) is 1. The molecule has 96 valence electrons. The predicted octanol–water partition coefficient (Wildman–Crippen LogP) is 1.16. The second kappa shape index (κ2) is 7.03. The third-order valence-corrected chi connectivity index (χ3v) is 1.99. The van der Waals surface area contributed by atoms with Gasteiger partial charge in [0.15, 0.2) is 0 Å². The third-order valence-electron chi connectivity index (χ3n) is 1.99. The maximum Gasteiger partial charge on any atom is 0.239 e. The third kappa shape index (κ3) is 5.46. The molecule has 1 rings (SSSR count). The highest BCUT2D eigenvalue weighted by atomic mass is 16.5. The molecule has 0 aliphatic carbocycles. The molecule has 0 saturated heterocycles. The lowest BCUT2D eigenvalue weighted by Gasteiger charge is -2.09. The van der Waals surface area contributed by atoms with Gasteiger partial charge in [-0.05, 0) is 12.8 Å². The zero-order valence-corrected chi connectivity index (χ0v) is 10.7. The molecule has 0 aromatic carbocycles. The van der Waals surface area contributed by atoms with Crippen molar-refractivity contribution in [2.24, 2.45) is 11.8 Å². The molecular formula is C11H21N5O. The number of hydrogen-bond donors (Lipinski definition) is 3. The van der Waals surface area contributed by atoms with E-state index in [1.54, 1.807) is 0 Å². The number of hydrogen-bond acceptors (Lipinski definition) is 6. The van der Waals surface area contributed by atoms with E-state index in [4.69, 9.17) is 10.6 Å². The van der Waals surface area contributed by atoms with Crippen molar-refractivity contribution in [1.82, 2.24) is 9.97 Å². The van der Waals surface area contributed by atoms with Crippen LogP contribution in [0.4, 0.5) is 11.8 Å². The summed E-state index contributed by atoms with van der Waals surface area (Å²) in [7, 11) is 0. The van der Waals surface area contributed by atoms with Gasteiger partial charge in [-0.25, -0.2) is 10.8 Å². The molecule has 0 atom stereocenters. The Kier molecular flexibility index (Phi) is 5.65. The Labute approximate surface area is 102 Å². The number of nitrogen functional groups attached to an aromatic ring is 1. The van der Waals surface area contributed by atoms with E-state index < -0.39 is 0 Å². The summed E-state index contributed by atoms with van der Waals surface area (Å²) in [5.41, 5.74) is 3.29. The van der Waals surface area contributed by atoms with Crippen molar-refractivity contribution in [3.8, 4) is 0 Å². The van der Waals surface area contributed by atoms with E-state index in [2.05, 4.69) is 34.6 Å². The van der Waals surface area contributed by atoms with Gasteiger partial charge in [0.25, 0.3) is 0 Å². The lowest BCUT2D eigenvalue weighted by molar-refractivity contribution is 0.118. The first-order valence-electron chi connectivity index (χ1n) is 5.75. The Morgan fingerprint density at radius 2 is 2.18 bits per heavy atom. The van der Waals surface area contributed by atoms with E-state index >= 15 is 0 Å². The lowest BCUT2D eigenvalue weighted by Crippen LogP contribution is -2.15. The van der Waals surface area contributed by atoms with Gasteiger partial charge in [-0.2, -0.15) is 4.98 Å². The Morgan fingerprint density at radius 1 is 1.41 bits per heavy atom. The standard InChI is InChI=1S/C11H21N5O/c1-8(2)7-17-5-4-13-10-6-9(3)14-11(15-10)16-12/h6,8H,4-5,7,12H2,1-3H3,(H2,13,14,15,16). The molecule has 0 aliphatic rings. The van der Waals surface area contributed by atoms with Crippen molar-refractivity contribution in [2.45, 2.75) is 20.8 Å². The molecule has 17 heavy (non-hydrogen) atoms. The van der Waals surface area contributed by atoms with Crippen LogP contribution in [0.3, 0.4) is 0 Å². The quantitative estimate of drug-likeness (QED) is 0.376. The number of aryl methyl sites for hydroxylation is 1. The Balaban J connectivity index is 2.33. The molecule has 0 unspecified atom stereocenters. The van der Waals surface area contributed by atoms with Gasteiger partial charge in [-0.3, -0.25) is 5.43 Å². The number of nitrogens with zero attached hydrogens (tertiary/aromatic N) is 2. The average Bonchev–Trinajstić information content (AvgIpc) is 2.27. The van der Waals surface area contributed by atoms with Crippen molar-refractivity contribution < 1.29 is 4.74 Å². The van der Waals surface area contributed by atoms with Gasteiger partial charge >= 0.3 is 0 Å². The highest BCUT2D eigenvalue weighted by Crippen LogP contribution is 2.08. The second-order valence-corrected chi connectivity index (χ2v) is 4.26. The minimum absolute atomic E-state index is 0.413. The van der Waals surface area contributed by atoms with E-state index in [0.717, 1.165) is 18.1 Å². The maximum absolute atomic E-state index is 5.46. The normalized spacial score (nSPS) is 10.6. The summed E-state index contributed by atoms with van der Waals surface area (Å²) in [5, 5.41) is 3.16. The van der Waals surface area contributed by atoms with Crippen LogP contribution in [0.15, 0.2) is 6.07 Å². The molecule has 0 radical (unpaired) electrons. The molecule has 1 aromatic heterocycles. The first-order chi connectivity index (χ1) is 8.11. The van der Waals surface area contributed by atoms with Crippen molar-refractivity contribution in [1.29, 1.82) is 0 Å². The molecule has 6 nitrogen and oxygen atoms in total.